The van der Waals surface area contributed by atoms with Crippen molar-refractivity contribution in [1.29, 1.82) is 0 Å². The van der Waals surface area contributed by atoms with Crippen molar-refractivity contribution < 1.29 is 14.3 Å². The summed E-state index contributed by atoms with van der Waals surface area (Å²) in [7, 11) is 0. The lowest BCUT2D eigenvalue weighted by molar-refractivity contribution is -0.143. The number of halogens is 1. The van der Waals surface area contributed by atoms with Gasteiger partial charge in [-0.15, -0.1) is 0 Å². The molecule has 0 radical (unpaired) electrons. The summed E-state index contributed by atoms with van der Waals surface area (Å²) in [6.07, 6.45) is 2.08. The standard InChI is InChI=1S/C19H27ClN2O3/c1-13(2)19(24)22(12-15-6-8-16(20)9-7-15)14(3)18(23)21-11-17-5-4-10-25-17/h6-9,13-14,17H,4-5,10-12H2,1-3H3,(H,21,23). The average Bonchev–Trinajstić information content (AvgIpc) is 3.11. The van der Waals surface area contributed by atoms with E-state index in [1.807, 2.05) is 26.0 Å². The van der Waals surface area contributed by atoms with Crippen molar-refractivity contribution >= 4 is 23.4 Å². The Hall–Kier alpha value is -1.59. The van der Waals surface area contributed by atoms with Gasteiger partial charge >= 0.3 is 0 Å². The van der Waals surface area contributed by atoms with Gasteiger partial charge < -0.3 is 15.0 Å². The highest BCUT2D eigenvalue weighted by molar-refractivity contribution is 6.30. The summed E-state index contributed by atoms with van der Waals surface area (Å²) >= 11 is 5.92. The molecule has 25 heavy (non-hydrogen) atoms. The summed E-state index contributed by atoms with van der Waals surface area (Å²) in [6.45, 7) is 7.07. The molecule has 1 saturated heterocycles. The second-order valence-corrected chi connectivity index (χ2v) is 7.24. The Bertz CT molecular complexity index is 583. The van der Waals surface area contributed by atoms with E-state index in [4.69, 9.17) is 16.3 Å². The maximum absolute atomic E-state index is 12.6. The summed E-state index contributed by atoms with van der Waals surface area (Å²) in [5, 5.41) is 3.56. The zero-order valence-electron chi connectivity index (χ0n) is 15.1. The molecular weight excluding hydrogens is 340 g/mol. The van der Waals surface area contributed by atoms with Crippen molar-refractivity contribution in [3.8, 4) is 0 Å². The van der Waals surface area contributed by atoms with Crippen LogP contribution in [0.15, 0.2) is 24.3 Å². The summed E-state index contributed by atoms with van der Waals surface area (Å²) in [5.41, 5.74) is 0.942. The molecule has 2 unspecified atom stereocenters. The molecule has 2 atom stereocenters. The molecule has 138 valence electrons. The van der Waals surface area contributed by atoms with Crippen LogP contribution in [0.3, 0.4) is 0 Å². The van der Waals surface area contributed by atoms with Crippen LogP contribution in [0.5, 0.6) is 0 Å². The van der Waals surface area contributed by atoms with Crippen molar-refractivity contribution in [2.75, 3.05) is 13.2 Å². The third kappa shape index (κ3) is 5.72. The molecule has 0 aliphatic carbocycles. The number of rotatable bonds is 7. The quantitative estimate of drug-likeness (QED) is 0.807. The fourth-order valence-corrected chi connectivity index (χ4v) is 2.96. The summed E-state index contributed by atoms with van der Waals surface area (Å²) in [6, 6.07) is 6.78. The number of carbonyl (C=O) groups excluding carboxylic acids is 2. The molecule has 0 saturated carbocycles. The number of hydrogen-bond donors (Lipinski definition) is 1. The Morgan fingerprint density at radius 1 is 1.28 bits per heavy atom. The number of amides is 2. The molecule has 2 amide bonds. The lowest BCUT2D eigenvalue weighted by Crippen LogP contribution is -2.50. The molecule has 2 rings (SSSR count). The Kier molecular flexibility index (Phi) is 7.26. The monoisotopic (exact) mass is 366 g/mol. The van der Waals surface area contributed by atoms with Crippen LogP contribution in [0.4, 0.5) is 0 Å². The smallest absolute Gasteiger partial charge is 0.242 e. The minimum Gasteiger partial charge on any atom is -0.376 e. The third-order valence-corrected chi connectivity index (χ3v) is 4.67. The van der Waals surface area contributed by atoms with Gasteiger partial charge in [-0.1, -0.05) is 37.6 Å². The highest BCUT2D eigenvalue weighted by Gasteiger charge is 2.28. The largest absolute Gasteiger partial charge is 0.376 e. The Morgan fingerprint density at radius 3 is 2.52 bits per heavy atom. The highest BCUT2D eigenvalue weighted by Crippen LogP contribution is 2.16. The first-order valence-electron chi connectivity index (χ1n) is 8.82. The van der Waals surface area contributed by atoms with E-state index < -0.39 is 6.04 Å². The maximum Gasteiger partial charge on any atom is 0.242 e. The first kappa shape index (κ1) is 19.7. The van der Waals surface area contributed by atoms with E-state index in [1.54, 1.807) is 24.0 Å². The molecule has 1 aliphatic rings. The van der Waals surface area contributed by atoms with Gasteiger partial charge in [0, 0.05) is 30.6 Å². The molecule has 1 aromatic carbocycles. The number of ether oxygens (including phenoxy) is 1. The minimum atomic E-state index is -0.549. The Balaban J connectivity index is 2.03. The average molecular weight is 367 g/mol. The third-order valence-electron chi connectivity index (χ3n) is 4.42. The van der Waals surface area contributed by atoms with E-state index in [0.29, 0.717) is 18.1 Å². The summed E-state index contributed by atoms with van der Waals surface area (Å²) < 4.78 is 5.53. The first-order valence-corrected chi connectivity index (χ1v) is 9.20. The number of nitrogens with zero attached hydrogens (tertiary/aromatic N) is 1. The van der Waals surface area contributed by atoms with Crippen LogP contribution < -0.4 is 5.32 Å². The van der Waals surface area contributed by atoms with Crippen molar-refractivity contribution in [2.24, 2.45) is 5.92 Å². The number of hydrogen-bond acceptors (Lipinski definition) is 3. The lowest BCUT2D eigenvalue weighted by atomic mass is 10.1. The molecule has 6 heteroatoms. The molecule has 0 bridgehead atoms. The fourth-order valence-electron chi connectivity index (χ4n) is 2.83. The fraction of sp³-hybridized carbons (Fsp3) is 0.579. The van der Waals surface area contributed by atoms with E-state index in [0.717, 1.165) is 25.0 Å². The maximum atomic E-state index is 12.6. The molecule has 1 N–H and O–H groups in total. The van der Waals surface area contributed by atoms with Gasteiger partial charge in [0.2, 0.25) is 11.8 Å². The van der Waals surface area contributed by atoms with Crippen molar-refractivity contribution in [3.63, 3.8) is 0 Å². The number of nitrogens with one attached hydrogen (secondary N) is 1. The van der Waals surface area contributed by atoms with Gasteiger partial charge in [0.25, 0.3) is 0 Å². The zero-order valence-corrected chi connectivity index (χ0v) is 15.9. The summed E-state index contributed by atoms with van der Waals surface area (Å²) in [4.78, 5) is 26.8. The van der Waals surface area contributed by atoms with Crippen LogP contribution in [0.1, 0.15) is 39.2 Å². The number of carbonyl (C=O) groups is 2. The van der Waals surface area contributed by atoms with E-state index >= 15 is 0 Å². The van der Waals surface area contributed by atoms with E-state index in [2.05, 4.69) is 5.32 Å². The highest BCUT2D eigenvalue weighted by atomic mass is 35.5. The topological polar surface area (TPSA) is 58.6 Å². The van der Waals surface area contributed by atoms with Gasteiger partial charge in [-0.3, -0.25) is 9.59 Å². The van der Waals surface area contributed by atoms with E-state index in [9.17, 15) is 9.59 Å². The van der Waals surface area contributed by atoms with Gasteiger partial charge in [-0.2, -0.15) is 0 Å². The molecule has 5 nitrogen and oxygen atoms in total. The second-order valence-electron chi connectivity index (χ2n) is 6.80. The Morgan fingerprint density at radius 2 is 1.96 bits per heavy atom. The van der Waals surface area contributed by atoms with E-state index in [-0.39, 0.29) is 23.8 Å². The van der Waals surface area contributed by atoms with Crippen LogP contribution in [0.25, 0.3) is 0 Å². The predicted molar refractivity (Wildman–Crippen MR) is 98.3 cm³/mol. The van der Waals surface area contributed by atoms with Crippen LogP contribution in [0.2, 0.25) is 5.02 Å². The van der Waals surface area contributed by atoms with Gasteiger partial charge in [-0.05, 0) is 37.5 Å². The van der Waals surface area contributed by atoms with Crippen LogP contribution >= 0.6 is 11.6 Å². The van der Waals surface area contributed by atoms with Crippen LogP contribution in [-0.2, 0) is 20.9 Å². The molecule has 1 heterocycles. The Labute approximate surface area is 154 Å². The summed E-state index contributed by atoms with van der Waals surface area (Å²) in [5.74, 6) is -0.381. The second kappa shape index (κ2) is 9.20. The number of benzene rings is 1. The first-order chi connectivity index (χ1) is 11.9. The molecule has 0 aromatic heterocycles. The molecule has 1 aliphatic heterocycles. The van der Waals surface area contributed by atoms with E-state index in [1.165, 1.54) is 0 Å². The van der Waals surface area contributed by atoms with Crippen molar-refractivity contribution in [1.82, 2.24) is 10.2 Å². The SMILES string of the molecule is CC(C)C(=O)N(Cc1ccc(Cl)cc1)C(C)C(=O)NCC1CCCO1. The molecule has 0 spiro atoms. The van der Waals surface area contributed by atoms with Crippen LogP contribution in [-0.4, -0.2) is 42.0 Å². The van der Waals surface area contributed by atoms with Gasteiger partial charge in [0.1, 0.15) is 6.04 Å². The molecule has 1 fully saturated rings. The van der Waals surface area contributed by atoms with Crippen LogP contribution in [0, 0.1) is 5.92 Å². The van der Waals surface area contributed by atoms with Crippen molar-refractivity contribution in [3.05, 3.63) is 34.9 Å². The van der Waals surface area contributed by atoms with Crippen molar-refractivity contribution in [2.45, 2.75) is 52.3 Å². The predicted octanol–water partition coefficient (Wildman–Crippen LogP) is 3.01. The normalized spacial score (nSPS) is 18.2. The van der Waals surface area contributed by atoms with Gasteiger partial charge in [0.15, 0.2) is 0 Å². The minimum absolute atomic E-state index is 0.0466. The van der Waals surface area contributed by atoms with Gasteiger partial charge in [0.05, 0.1) is 6.10 Å². The zero-order chi connectivity index (χ0) is 18.4. The molecular formula is C19H27ClN2O3. The molecule has 1 aromatic rings. The lowest BCUT2D eigenvalue weighted by Gasteiger charge is -2.30. The van der Waals surface area contributed by atoms with Gasteiger partial charge in [-0.25, -0.2) is 0 Å².